The van der Waals surface area contributed by atoms with E-state index in [0.29, 0.717) is 6.54 Å². The molecule has 0 unspecified atom stereocenters. The summed E-state index contributed by atoms with van der Waals surface area (Å²) in [6, 6.07) is 3.62. The first-order chi connectivity index (χ1) is 8.69. The first-order valence-electron chi connectivity index (χ1n) is 5.52. The summed E-state index contributed by atoms with van der Waals surface area (Å²) in [4.78, 5) is 27.5. The maximum atomic E-state index is 12.0. The van der Waals surface area contributed by atoms with Gasteiger partial charge in [0.15, 0.2) is 5.41 Å². The molecule has 0 bridgehead atoms. The predicted molar refractivity (Wildman–Crippen MR) is 61.4 cm³/mol. The first kappa shape index (κ1) is 12.5. The van der Waals surface area contributed by atoms with Gasteiger partial charge in [0.1, 0.15) is 0 Å². The monoisotopic (exact) mass is 250 g/mol. The van der Waals surface area contributed by atoms with Crippen molar-refractivity contribution in [2.75, 3.05) is 20.3 Å². The smallest absolute Gasteiger partial charge is 0.326 e. The van der Waals surface area contributed by atoms with E-state index in [1.807, 2.05) is 6.07 Å². The van der Waals surface area contributed by atoms with Crippen LogP contribution in [0, 0.1) is 5.41 Å². The van der Waals surface area contributed by atoms with E-state index in [9.17, 15) is 9.59 Å². The van der Waals surface area contributed by atoms with Crippen LogP contribution >= 0.6 is 0 Å². The molecule has 96 valence electrons. The highest BCUT2D eigenvalue weighted by molar-refractivity contribution is 6.03. The van der Waals surface area contributed by atoms with Gasteiger partial charge in [0.05, 0.1) is 20.3 Å². The molecule has 0 aliphatic carbocycles. The van der Waals surface area contributed by atoms with Crippen LogP contribution < -0.4 is 5.32 Å². The molecule has 0 radical (unpaired) electrons. The second-order valence-electron chi connectivity index (χ2n) is 4.11. The summed E-state index contributed by atoms with van der Waals surface area (Å²) in [5, 5.41) is 2.70. The molecule has 0 spiro atoms. The summed E-state index contributed by atoms with van der Waals surface area (Å²) in [6.45, 7) is 0.461. The lowest BCUT2D eigenvalue weighted by Gasteiger charge is -2.36. The van der Waals surface area contributed by atoms with Gasteiger partial charge >= 0.3 is 5.97 Å². The molecule has 6 heteroatoms. The molecular formula is C12H14N2O4. The van der Waals surface area contributed by atoms with Crippen molar-refractivity contribution in [3.63, 3.8) is 0 Å². The average molecular weight is 250 g/mol. The van der Waals surface area contributed by atoms with Gasteiger partial charge in [-0.3, -0.25) is 14.6 Å². The highest BCUT2D eigenvalue weighted by Crippen LogP contribution is 2.29. The molecule has 0 aromatic carbocycles. The van der Waals surface area contributed by atoms with Crippen LogP contribution in [0.4, 0.5) is 0 Å². The predicted octanol–water partition coefficient (Wildman–Crippen LogP) is -0.113. The van der Waals surface area contributed by atoms with E-state index >= 15 is 0 Å². The molecule has 2 rings (SSSR count). The molecule has 1 saturated heterocycles. The van der Waals surface area contributed by atoms with E-state index in [1.165, 1.54) is 7.11 Å². The normalized spacial score (nSPS) is 16.5. The second kappa shape index (κ2) is 5.14. The van der Waals surface area contributed by atoms with Crippen LogP contribution in [0.1, 0.15) is 5.56 Å². The largest absolute Gasteiger partial charge is 0.468 e. The summed E-state index contributed by atoms with van der Waals surface area (Å²) in [5.41, 5.74) is -0.317. The molecule has 1 aromatic rings. The van der Waals surface area contributed by atoms with Crippen LogP contribution in [0.5, 0.6) is 0 Å². The fourth-order valence-corrected chi connectivity index (χ4v) is 1.70. The highest BCUT2D eigenvalue weighted by Gasteiger charge is 2.53. The zero-order chi connectivity index (χ0) is 13.0. The second-order valence-corrected chi connectivity index (χ2v) is 4.11. The number of aromatic nitrogens is 1. The van der Waals surface area contributed by atoms with E-state index in [2.05, 4.69) is 15.0 Å². The quantitative estimate of drug-likeness (QED) is 0.596. The molecule has 1 aliphatic rings. The van der Waals surface area contributed by atoms with E-state index in [1.54, 1.807) is 18.5 Å². The number of methoxy groups -OCH3 is 1. The maximum absolute atomic E-state index is 12.0. The molecule has 18 heavy (non-hydrogen) atoms. The van der Waals surface area contributed by atoms with Gasteiger partial charge in [0, 0.05) is 18.9 Å². The molecule has 0 atom stereocenters. The number of hydrogen-bond donors (Lipinski definition) is 1. The van der Waals surface area contributed by atoms with Crippen molar-refractivity contribution < 1.29 is 19.1 Å². The van der Waals surface area contributed by atoms with Crippen molar-refractivity contribution in [1.82, 2.24) is 10.3 Å². The van der Waals surface area contributed by atoms with Crippen LogP contribution in [0.15, 0.2) is 24.5 Å². The van der Waals surface area contributed by atoms with Gasteiger partial charge in [0.25, 0.3) is 0 Å². The Morgan fingerprint density at radius 3 is 2.83 bits per heavy atom. The lowest BCUT2D eigenvalue weighted by atomic mass is 9.85. The third-order valence-corrected chi connectivity index (χ3v) is 2.88. The van der Waals surface area contributed by atoms with E-state index in [-0.39, 0.29) is 19.1 Å². The van der Waals surface area contributed by atoms with Crippen molar-refractivity contribution in [2.45, 2.75) is 6.54 Å². The average Bonchev–Trinajstić information content (AvgIpc) is 2.36. The number of amides is 1. The van der Waals surface area contributed by atoms with Crippen molar-refractivity contribution >= 4 is 11.9 Å². The molecule has 6 nitrogen and oxygen atoms in total. The number of esters is 1. The molecule has 1 N–H and O–H groups in total. The molecular weight excluding hydrogens is 236 g/mol. The Hall–Kier alpha value is -1.95. The summed E-state index contributed by atoms with van der Waals surface area (Å²) in [5.74, 6) is -0.929. The SMILES string of the molecule is COC(=O)C1(C(=O)NCc2cccnc2)COC1. The zero-order valence-corrected chi connectivity index (χ0v) is 10.0. The van der Waals surface area contributed by atoms with Crippen LogP contribution in [0.25, 0.3) is 0 Å². The van der Waals surface area contributed by atoms with Crippen molar-refractivity contribution in [2.24, 2.45) is 5.41 Å². The third kappa shape index (κ3) is 2.19. The van der Waals surface area contributed by atoms with Crippen molar-refractivity contribution in [3.05, 3.63) is 30.1 Å². The Labute approximate surface area is 104 Å². The van der Waals surface area contributed by atoms with Crippen LogP contribution in [-0.4, -0.2) is 37.2 Å². The third-order valence-electron chi connectivity index (χ3n) is 2.88. The molecule has 1 aromatic heterocycles. The number of nitrogens with one attached hydrogen (secondary N) is 1. The number of ether oxygens (including phenoxy) is 2. The fourth-order valence-electron chi connectivity index (χ4n) is 1.70. The summed E-state index contributed by atoms with van der Waals surface area (Å²) in [7, 11) is 1.26. The van der Waals surface area contributed by atoms with E-state index in [4.69, 9.17) is 4.74 Å². The molecule has 1 aliphatic heterocycles. The van der Waals surface area contributed by atoms with Gasteiger partial charge in [-0.05, 0) is 11.6 Å². The number of hydrogen-bond acceptors (Lipinski definition) is 5. The Bertz CT molecular complexity index is 443. The van der Waals surface area contributed by atoms with Gasteiger partial charge in [-0.15, -0.1) is 0 Å². The number of nitrogens with zero attached hydrogens (tertiary/aromatic N) is 1. The Morgan fingerprint density at radius 1 is 1.56 bits per heavy atom. The Balaban J connectivity index is 1.97. The minimum absolute atomic E-state index is 0.0680. The van der Waals surface area contributed by atoms with Crippen LogP contribution in [-0.2, 0) is 25.6 Å². The Kier molecular flexibility index (Phi) is 3.57. The van der Waals surface area contributed by atoms with Gasteiger partial charge < -0.3 is 14.8 Å². The lowest BCUT2D eigenvalue weighted by Crippen LogP contribution is -2.59. The van der Waals surface area contributed by atoms with Crippen molar-refractivity contribution in [3.8, 4) is 0 Å². The molecule has 2 heterocycles. The topological polar surface area (TPSA) is 77.5 Å². The van der Waals surface area contributed by atoms with E-state index in [0.717, 1.165) is 5.56 Å². The minimum Gasteiger partial charge on any atom is -0.468 e. The maximum Gasteiger partial charge on any atom is 0.326 e. The fraction of sp³-hybridized carbons (Fsp3) is 0.417. The first-order valence-corrected chi connectivity index (χ1v) is 5.52. The number of carbonyl (C=O) groups excluding carboxylic acids is 2. The van der Waals surface area contributed by atoms with Gasteiger partial charge in [-0.1, -0.05) is 6.07 Å². The van der Waals surface area contributed by atoms with Gasteiger partial charge in [-0.2, -0.15) is 0 Å². The Morgan fingerprint density at radius 2 is 2.33 bits per heavy atom. The van der Waals surface area contributed by atoms with Crippen LogP contribution in [0.2, 0.25) is 0 Å². The zero-order valence-electron chi connectivity index (χ0n) is 10.0. The molecule has 1 fully saturated rings. The van der Waals surface area contributed by atoms with Gasteiger partial charge in [-0.25, -0.2) is 0 Å². The number of rotatable bonds is 4. The standard InChI is InChI=1S/C12H14N2O4/c1-17-11(16)12(7-18-8-12)10(15)14-6-9-3-2-4-13-5-9/h2-5H,6-8H2,1H3,(H,14,15). The molecule has 0 saturated carbocycles. The lowest BCUT2D eigenvalue weighted by molar-refractivity contribution is -0.188. The van der Waals surface area contributed by atoms with Crippen molar-refractivity contribution in [1.29, 1.82) is 0 Å². The van der Waals surface area contributed by atoms with E-state index < -0.39 is 11.4 Å². The summed E-state index contributed by atoms with van der Waals surface area (Å²) >= 11 is 0. The van der Waals surface area contributed by atoms with Crippen LogP contribution in [0.3, 0.4) is 0 Å². The minimum atomic E-state index is -1.18. The highest BCUT2D eigenvalue weighted by atomic mass is 16.5. The summed E-state index contributed by atoms with van der Waals surface area (Å²) in [6.07, 6.45) is 3.31. The summed E-state index contributed by atoms with van der Waals surface area (Å²) < 4.78 is 9.60. The van der Waals surface area contributed by atoms with Gasteiger partial charge in [0.2, 0.25) is 5.91 Å². The molecule has 1 amide bonds. The number of pyridine rings is 1. The number of carbonyl (C=O) groups is 2.